The van der Waals surface area contributed by atoms with E-state index in [0.29, 0.717) is 6.54 Å². The number of halogens is 1. The molecule has 1 aromatic rings. The third-order valence-corrected chi connectivity index (χ3v) is 4.28. The van der Waals surface area contributed by atoms with Crippen LogP contribution >= 0.6 is 24.0 Å². The van der Waals surface area contributed by atoms with E-state index in [4.69, 9.17) is 9.73 Å². The van der Waals surface area contributed by atoms with Gasteiger partial charge in [0.05, 0.1) is 13.7 Å². The topological polar surface area (TPSA) is 48.9 Å². The van der Waals surface area contributed by atoms with E-state index in [1.54, 1.807) is 7.11 Å². The first-order valence-electron chi connectivity index (χ1n) is 9.52. The maximum Gasteiger partial charge on any atom is 0.191 e. The number of methoxy groups -OCH3 is 1. The fourth-order valence-electron chi connectivity index (χ4n) is 2.70. The van der Waals surface area contributed by atoms with Crippen molar-refractivity contribution in [3.05, 3.63) is 29.3 Å². The van der Waals surface area contributed by atoms with Crippen LogP contribution in [-0.2, 0) is 6.54 Å². The molecule has 26 heavy (non-hydrogen) atoms. The van der Waals surface area contributed by atoms with E-state index in [0.717, 1.165) is 49.9 Å². The molecule has 0 aliphatic rings. The van der Waals surface area contributed by atoms with Crippen LogP contribution in [-0.4, -0.2) is 50.7 Å². The summed E-state index contributed by atoms with van der Waals surface area (Å²) < 4.78 is 5.46. The Morgan fingerprint density at radius 3 is 2.46 bits per heavy atom. The highest BCUT2D eigenvalue weighted by Gasteiger charge is 2.04. The van der Waals surface area contributed by atoms with E-state index in [1.165, 1.54) is 18.5 Å². The average Bonchev–Trinajstić information content (AvgIpc) is 2.63. The molecule has 0 atom stereocenters. The summed E-state index contributed by atoms with van der Waals surface area (Å²) >= 11 is 0. The lowest BCUT2D eigenvalue weighted by atomic mass is 10.1. The van der Waals surface area contributed by atoms with Crippen LogP contribution in [0.5, 0.6) is 5.75 Å². The van der Waals surface area contributed by atoms with Crippen LogP contribution in [0.2, 0.25) is 0 Å². The van der Waals surface area contributed by atoms with E-state index < -0.39 is 0 Å². The minimum Gasteiger partial charge on any atom is -0.496 e. The predicted octanol–water partition coefficient (Wildman–Crippen LogP) is 3.80. The van der Waals surface area contributed by atoms with Gasteiger partial charge in [0.2, 0.25) is 0 Å². The van der Waals surface area contributed by atoms with Crippen molar-refractivity contribution in [1.29, 1.82) is 0 Å². The third kappa shape index (κ3) is 9.62. The van der Waals surface area contributed by atoms with Crippen LogP contribution in [0.4, 0.5) is 0 Å². The molecule has 5 nitrogen and oxygen atoms in total. The smallest absolute Gasteiger partial charge is 0.191 e. The summed E-state index contributed by atoms with van der Waals surface area (Å²) in [5.74, 6) is 1.77. The lowest BCUT2D eigenvalue weighted by molar-refractivity contribution is 0.297. The SMILES string of the molecule is CCNC(=NCc1ccc(C)cc1OC)NCCCCN(CC)CC.I. The molecule has 0 aliphatic heterocycles. The summed E-state index contributed by atoms with van der Waals surface area (Å²) in [6, 6.07) is 6.24. The van der Waals surface area contributed by atoms with E-state index >= 15 is 0 Å². The Balaban J connectivity index is 0.00000625. The Morgan fingerprint density at radius 2 is 1.85 bits per heavy atom. The van der Waals surface area contributed by atoms with Gasteiger partial charge in [-0.2, -0.15) is 0 Å². The number of nitrogens with zero attached hydrogens (tertiary/aromatic N) is 2. The van der Waals surface area contributed by atoms with Crippen LogP contribution in [0.15, 0.2) is 23.2 Å². The first-order chi connectivity index (χ1) is 12.1. The number of ether oxygens (including phenoxy) is 1. The molecule has 0 fully saturated rings. The number of aliphatic imine (C=N–C) groups is 1. The Labute approximate surface area is 177 Å². The molecule has 0 amide bonds. The summed E-state index contributed by atoms with van der Waals surface area (Å²) in [7, 11) is 1.71. The molecule has 0 aromatic heterocycles. The van der Waals surface area contributed by atoms with Gasteiger partial charge in [-0.15, -0.1) is 24.0 Å². The van der Waals surface area contributed by atoms with Gasteiger partial charge in [-0.25, -0.2) is 4.99 Å². The molecule has 6 heteroatoms. The fraction of sp³-hybridized carbons (Fsp3) is 0.650. The maximum absolute atomic E-state index is 5.46. The molecular formula is C20H37IN4O. The van der Waals surface area contributed by atoms with Crippen molar-refractivity contribution in [3.63, 3.8) is 0 Å². The Morgan fingerprint density at radius 1 is 1.12 bits per heavy atom. The molecule has 0 spiro atoms. The normalized spacial score (nSPS) is 11.2. The molecule has 150 valence electrons. The van der Waals surface area contributed by atoms with Crippen LogP contribution in [0, 0.1) is 6.92 Å². The van der Waals surface area contributed by atoms with Crippen molar-refractivity contribution in [2.75, 3.05) is 39.8 Å². The first-order valence-corrected chi connectivity index (χ1v) is 9.52. The molecule has 0 saturated carbocycles. The first kappa shape index (κ1) is 25.0. The van der Waals surface area contributed by atoms with Gasteiger partial charge in [0.1, 0.15) is 5.75 Å². The molecular weight excluding hydrogens is 439 g/mol. The van der Waals surface area contributed by atoms with Gasteiger partial charge in [0.25, 0.3) is 0 Å². The van der Waals surface area contributed by atoms with Crippen molar-refractivity contribution in [3.8, 4) is 5.75 Å². The molecule has 0 bridgehead atoms. The highest BCUT2D eigenvalue weighted by atomic mass is 127. The van der Waals surface area contributed by atoms with E-state index in [9.17, 15) is 0 Å². The second-order valence-electron chi connectivity index (χ2n) is 6.17. The number of nitrogens with one attached hydrogen (secondary N) is 2. The zero-order chi connectivity index (χ0) is 18.5. The van der Waals surface area contributed by atoms with E-state index in [1.807, 2.05) is 0 Å². The summed E-state index contributed by atoms with van der Waals surface area (Å²) in [4.78, 5) is 7.15. The van der Waals surface area contributed by atoms with Crippen LogP contribution in [0.3, 0.4) is 0 Å². The lowest BCUT2D eigenvalue weighted by Crippen LogP contribution is -2.38. The van der Waals surface area contributed by atoms with Crippen molar-refractivity contribution in [2.45, 2.75) is 47.1 Å². The van der Waals surface area contributed by atoms with Gasteiger partial charge in [0, 0.05) is 18.7 Å². The Bertz CT molecular complexity index is 519. The molecule has 0 heterocycles. The number of hydrogen-bond donors (Lipinski definition) is 2. The maximum atomic E-state index is 5.46. The second kappa shape index (κ2) is 15.1. The fourth-order valence-corrected chi connectivity index (χ4v) is 2.70. The lowest BCUT2D eigenvalue weighted by Gasteiger charge is -2.18. The minimum absolute atomic E-state index is 0. The van der Waals surface area contributed by atoms with Crippen LogP contribution in [0.1, 0.15) is 44.7 Å². The summed E-state index contributed by atoms with van der Waals surface area (Å²) in [6.07, 6.45) is 2.36. The van der Waals surface area contributed by atoms with Crippen molar-refractivity contribution in [2.24, 2.45) is 4.99 Å². The van der Waals surface area contributed by atoms with Gasteiger partial charge in [-0.3, -0.25) is 0 Å². The highest BCUT2D eigenvalue weighted by molar-refractivity contribution is 14.0. The third-order valence-electron chi connectivity index (χ3n) is 4.28. The van der Waals surface area contributed by atoms with Gasteiger partial charge < -0.3 is 20.3 Å². The number of aryl methyl sites for hydroxylation is 1. The number of unbranched alkanes of at least 4 members (excludes halogenated alkanes) is 1. The monoisotopic (exact) mass is 476 g/mol. The molecule has 0 aliphatic carbocycles. The van der Waals surface area contributed by atoms with Crippen molar-refractivity contribution < 1.29 is 4.74 Å². The van der Waals surface area contributed by atoms with Gasteiger partial charge in [-0.1, -0.05) is 26.0 Å². The van der Waals surface area contributed by atoms with Crippen molar-refractivity contribution >= 4 is 29.9 Å². The Hall–Kier alpha value is -1.02. The van der Waals surface area contributed by atoms with Crippen molar-refractivity contribution in [1.82, 2.24) is 15.5 Å². The van der Waals surface area contributed by atoms with Gasteiger partial charge in [0.15, 0.2) is 5.96 Å². The van der Waals surface area contributed by atoms with Gasteiger partial charge >= 0.3 is 0 Å². The molecule has 0 radical (unpaired) electrons. The van der Waals surface area contributed by atoms with E-state index in [-0.39, 0.29) is 24.0 Å². The Kier molecular flexibility index (Phi) is 14.5. The second-order valence-corrected chi connectivity index (χ2v) is 6.17. The largest absolute Gasteiger partial charge is 0.496 e. The predicted molar refractivity (Wildman–Crippen MR) is 123 cm³/mol. The minimum atomic E-state index is 0. The molecule has 1 rings (SSSR count). The number of benzene rings is 1. The van der Waals surface area contributed by atoms with Crippen LogP contribution in [0.25, 0.3) is 0 Å². The van der Waals surface area contributed by atoms with Gasteiger partial charge in [-0.05, 0) is 58.0 Å². The zero-order valence-corrected chi connectivity index (χ0v) is 19.4. The molecule has 0 saturated heterocycles. The molecule has 1 aromatic carbocycles. The summed E-state index contributed by atoms with van der Waals surface area (Å²) in [5.41, 5.74) is 2.30. The average molecular weight is 476 g/mol. The summed E-state index contributed by atoms with van der Waals surface area (Å²) in [6.45, 7) is 14.4. The number of rotatable bonds is 11. The number of guanidine groups is 1. The van der Waals surface area contributed by atoms with E-state index in [2.05, 4.69) is 61.4 Å². The quantitative estimate of drug-likeness (QED) is 0.221. The van der Waals surface area contributed by atoms with Crippen LogP contribution < -0.4 is 15.4 Å². The summed E-state index contributed by atoms with van der Waals surface area (Å²) in [5, 5.41) is 6.74. The molecule has 2 N–H and O–H groups in total. The zero-order valence-electron chi connectivity index (χ0n) is 17.1. The molecule has 0 unspecified atom stereocenters. The highest BCUT2D eigenvalue weighted by Crippen LogP contribution is 2.20. The number of hydrogen-bond acceptors (Lipinski definition) is 3. The standard InChI is InChI=1S/C20H36N4O.HI/c1-6-21-20(22-13-9-10-14-24(7-2)8-3)23-16-18-12-11-17(4)15-19(18)25-5;/h11-12,15H,6-10,13-14,16H2,1-5H3,(H2,21,22,23);1H.